The van der Waals surface area contributed by atoms with Crippen LogP contribution in [0.15, 0.2) is 28.9 Å². The maximum absolute atomic E-state index is 9.39. The van der Waals surface area contributed by atoms with E-state index < -0.39 is 0 Å². The standard InChI is InChI=1S/C13H17BrN2O/c1-13(2,7-17)12(15)10-6-16-11-4-3-8(14)5-9(10)11/h3-6,12,16-17H,7,15H2,1-2H3/t12-/m0/s1. The second kappa shape index (κ2) is 4.44. The van der Waals surface area contributed by atoms with Crippen LogP contribution in [-0.2, 0) is 0 Å². The van der Waals surface area contributed by atoms with Gasteiger partial charge >= 0.3 is 0 Å². The smallest absolute Gasteiger partial charge is 0.0500 e. The van der Waals surface area contributed by atoms with Gasteiger partial charge in [0.2, 0.25) is 0 Å². The minimum atomic E-state index is -0.336. The lowest BCUT2D eigenvalue weighted by atomic mass is 9.82. The Labute approximate surface area is 109 Å². The summed E-state index contributed by atoms with van der Waals surface area (Å²) in [6, 6.07) is 5.86. The molecule has 1 aromatic carbocycles. The molecule has 4 heteroatoms. The van der Waals surface area contributed by atoms with Crippen molar-refractivity contribution >= 4 is 26.8 Å². The molecule has 0 radical (unpaired) electrons. The number of aromatic amines is 1. The number of nitrogens with two attached hydrogens (primary N) is 1. The number of halogens is 1. The highest BCUT2D eigenvalue weighted by molar-refractivity contribution is 9.10. The van der Waals surface area contributed by atoms with Crippen molar-refractivity contribution in [2.75, 3.05) is 6.61 Å². The van der Waals surface area contributed by atoms with Crippen molar-refractivity contribution in [3.05, 3.63) is 34.4 Å². The van der Waals surface area contributed by atoms with E-state index in [1.807, 2.05) is 32.2 Å². The maximum Gasteiger partial charge on any atom is 0.0500 e. The molecule has 3 nitrogen and oxygen atoms in total. The molecule has 4 N–H and O–H groups in total. The lowest BCUT2D eigenvalue weighted by Gasteiger charge is -2.29. The Hall–Kier alpha value is -0.840. The predicted octanol–water partition coefficient (Wildman–Crippen LogP) is 2.95. The summed E-state index contributed by atoms with van der Waals surface area (Å²) >= 11 is 3.46. The van der Waals surface area contributed by atoms with Gasteiger partial charge in [-0.2, -0.15) is 0 Å². The molecule has 0 amide bonds. The first-order valence-corrected chi connectivity index (χ1v) is 6.38. The van der Waals surface area contributed by atoms with Crippen LogP contribution in [0.4, 0.5) is 0 Å². The van der Waals surface area contributed by atoms with Crippen LogP contribution in [0.1, 0.15) is 25.5 Å². The first kappa shape index (κ1) is 12.6. The highest BCUT2D eigenvalue weighted by atomic mass is 79.9. The zero-order valence-corrected chi connectivity index (χ0v) is 11.6. The van der Waals surface area contributed by atoms with E-state index in [-0.39, 0.29) is 18.1 Å². The molecule has 0 saturated heterocycles. The summed E-state index contributed by atoms with van der Waals surface area (Å²) in [6.07, 6.45) is 1.93. The fraction of sp³-hybridized carbons (Fsp3) is 0.385. The molecule has 92 valence electrons. The number of aromatic nitrogens is 1. The highest BCUT2D eigenvalue weighted by Crippen LogP contribution is 2.35. The van der Waals surface area contributed by atoms with E-state index in [0.29, 0.717) is 0 Å². The van der Waals surface area contributed by atoms with Gasteiger partial charge in [0.15, 0.2) is 0 Å². The Balaban J connectivity index is 2.52. The summed E-state index contributed by atoms with van der Waals surface area (Å²) in [5, 5.41) is 10.5. The number of hydrogen-bond donors (Lipinski definition) is 3. The van der Waals surface area contributed by atoms with Crippen molar-refractivity contribution < 1.29 is 5.11 Å². The molecule has 0 saturated carbocycles. The molecule has 1 atom stereocenters. The van der Waals surface area contributed by atoms with E-state index >= 15 is 0 Å². The molecular formula is C13H17BrN2O. The monoisotopic (exact) mass is 296 g/mol. The number of fused-ring (bicyclic) bond motifs is 1. The molecule has 0 bridgehead atoms. The van der Waals surface area contributed by atoms with E-state index in [9.17, 15) is 5.11 Å². The summed E-state index contributed by atoms with van der Waals surface area (Å²) in [5.41, 5.74) is 8.02. The fourth-order valence-corrected chi connectivity index (χ4v) is 2.25. The van der Waals surface area contributed by atoms with Gasteiger partial charge in [0.25, 0.3) is 0 Å². The van der Waals surface area contributed by atoms with Crippen molar-refractivity contribution in [3.8, 4) is 0 Å². The number of rotatable bonds is 3. The maximum atomic E-state index is 9.39. The van der Waals surface area contributed by atoms with Crippen molar-refractivity contribution in [1.29, 1.82) is 0 Å². The van der Waals surface area contributed by atoms with Crippen LogP contribution in [0, 0.1) is 5.41 Å². The Morgan fingerprint density at radius 1 is 1.47 bits per heavy atom. The molecule has 2 rings (SSSR count). The zero-order chi connectivity index (χ0) is 12.6. The normalized spacial score (nSPS) is 14.2. The van der Waals surface area contributed by atoms with Crippen LogP contribution >= 0.6 is 15.9 Å². The van der Waals surface area contributed by atoms with Gasteiger partial charge < -0.3 is 15.8 Å². The number of hydrogen-bond acceptors (Lipinski definition) is 2. The Morgan fingerprint density at radius 3 is 2.82 bits per heavy atom. The molecule has 1 aromatic heterocycles. The van der Waals surface area contributed by atoms with Crippen LogP contribution in [0.3, 0.4) is 0 Å². The highest BCUT2D eigenvalue weighted by Gasteiger charge is 2.28. The summed E-state index contributed by atoms with van der Waals surface area (Å²) < 4.78 is 1.03. The summed E-state index contributed by atoms with van der Waals surface area (Å²) in [6.45, 7) is 4.00. The first-order chi connectivity index (χ1) is 7.95. The molecular weight excluding hydrogens is 280 g/mol. The number of benzene rings is 1. The van der Waals surface area contributed by atoms with Gasteiger partial charge in [-0.25, -0.2) is 0 Å². The lowest BCUT2D eigenvalue weighted by molar-refractivity contribution is 0.133. The average molecular weight is 297 g/mol. The van der Waals surface area contributed by atoms with Crippen LogP contribution in [0.5, 0.6) is 0 Å². The third-order valence-corrected chi connectivity index (χ3v) is 3.75. The van der Waals surface area contributed by atoms with Crippen molar-refractivity contribution in [3.63, 3.8) is 0 Å². The van der Waals surface area contributed by atoms with E-state index in [0.717, 1.165) is 20.9 Å². The molecule has 0 fully saturated rings. The molecule has 0 aliphatic rings. The third-order valence-electron chi connectivity index (χ3n) is 3.26. The molecule has 2 aromatic rings. The Morgan fingerprint density at radius 2 is 2.18 bits per heavy atom. The van der Waals surface area contributed by atoms with Gasteiger partial charge in [-0.05, 0) is 23.8 Å². The second-order valence-corrected chi connectivity index (χ2v) is 5.97. The molecule has 1 heterocycles. The summed E-state index contributed by atoms with van der Waals surface area (Å²) in [5.74, 6) is 0. The number of aliphatic hydroxyl groups is 1. The SMILES string of the molecule is CC(C)(CO)[C@@H](N)c1c[nH]c2ccc(Br)cc12. The quantitative estimate of drug-likeness (QED) is 0.815. The van der Waals surface area contributed by atoms with Crippen LogP contribution in [-0.4, -0.2) is 16.7 Å². The van der Waals surface area contributed by atoms with Gasteiger partial charge in [0.1, 0.15) is 0 Å². The van der Waals surface area contributed by atoms with Crippen LogP contribution in [0.2, 0.25) is 0 Å². The van der Waals surface area contributed by atoms with Gasteiger partial charge in [-0.15, -0.1) is 0 Å². The van der Waals surface area contributed by atoms with Gasteiger partial charge in [-0.3, -0.25) is 0 Å². The van der Waals surface area contributed by atoms with E-state index in [4.69, 9.17) is 5.73 Å². The Kier molecular flexibility index (Phi) is 3.30. The lowest BCUT2D eigenvalue weighted by Crippen LogP contribution is -2.32. The zero-order valence-electron chi connectivity index (χ0n) is 10.00. The summed E-state index contributed by atoms with van der Waals surface area (Å²) in [7, 11) is 0. The number of nitrogens with one attached hydrogen (secondary N) is 1. The first-order valence-electron chi connectivity index (χ1n) is 5.58. The third kappa shape index (κ3) is 2.25. The van der Waals surface area contributed by atoms with Crippen molar-refractivity contribution in [2.24, 2.45) is 11.1 Å². The molecule has 0 unspecified atom stereocenters. The topological polar surface area (TPSA) is 62.0 Å². The fourth-order valence-electron chi connectivity index (χ4n) is 1.89. The Bertz CT molecular complexity index is 533. The van der Waals surface area contributed by atoms with Crippen molar-refractivity contribution in [2.45, 2.75) is 19.9 Å². The summed E-state index contributed by atoms with van der Waals surface area (Å²) in [4.78, 5) is 3.21. The molecule has 0 aliphatic carbocycles. The van der Waals surface area contributed by atoms with E-state index in [2.05, 4.69) is 27.0 Å². The number of H-pyrrole nitrogens is 1. The predicted molar refractivity (Wildman–Crippen MR) is 73.8 cm³/mol. The van der Waals surface area contributed by atoms with E-state index in [1.54, 1.807) is 0 Å². The minimum Gasteiger partial charge on any atom is -0.396 e. The largest absolute Gasteiger partial charge is 0.396 e. The van der Waals surface area contributed by atoms with Crippen molar-refractivity contribution in [1.82, 2.24) is 4.98 Å². The second-order valence-electron chi connectivity index (χ2n) is 5.06. The molecule has 0 spiro atoms. The molecule has 17 heavy (non-hydrogen) atoms. The van der Waals surface area contributed by atoms with Crippen LogP contribution < -0.4 is 5.73 Å². The van der Waals surface area contributed by atoms with Gasteiger partial charge in [0.05, 0.1) is 0 Å². The molecule has 0 aliphatic heterocycles. The van der Waals surface area contributed by atoms with Gasteiger partial charge in [-0.1, -0.05) is 29.8 Å². The van der Waals surface area contributed by atoms with Crippen LogP contribution in [0.25, 0.3) is 10.9 Å². The minimum absolute atomic E-state index is 0.0643. The van der Waals surface area contributed by atoms with E-state index in [1.165, 1.54) is 0 Å². The average Bonchev–Trinajstić information content (AvgIpc) is 2.70. The number of aliphatic hydroxyl groups excluding tert-OH is 1. The van der Waals surface area contributed by atoms with Gasteiger partial charge in [0, 0.05) is 39.6 Å².